The van der Waals surface area contributed by atoms with Gasteiger partial charge in [0.15, 0.2) is 5.78 Å². The Morgan fingerprint density at radius 1 is 1.06 bits per heavy atom. The van der Waals surface area contributed by atoms with E-state index in [1.54, 1.807) is 6.92 Å². The predicted octanol–water partition coefficient (Wildman–Crippen LogP) is 1.80. The number of carbonyl (C=O) groups excluding carboxylic acids is 3. The summed E-state index contributed by atoms with van der Waals surface area (Å²) in [5.41, 5.74) is -4.19. The smallest absolute Gasteiger partial charge is 0.316 e. The Hall–Kier alpha value is -3.43. The van der Waals surface area contributed by atoms with Gasteiger partial charge in [-0.05, 0) is 12.5 Å². The van der Waals surface area contributed by atoms with E-state index in [0.717, 1.165) is 7.11 Å². The van der Waals surface area contributed by atoms with Gasteiger partial charge in [-0.25, -0.2) is 0 Å². The molecule has 3 atom stereocenters. The fourth-order valence-electron chi connectivity index (χ4n) is 5.02. The second kappa shape index (κ2) is 7.32. The third-order valence-corrected chi connectivity index (χ3v) is 6.32. The van der Waals surface area contributed by atoms with Crippen LogP contribution in [0.4, 0.5) is 0 Å². The molecule has 9 heteroatoms. The molecule has 0 bridgehead atoms. The van der Waals surface area contributed by atoms with E-state index in [4.69, 9.17) is 4.74 Å². The maximum absolute atomic E-state index is 13.2. The lowest BCUT2D eigenvalue weighted by Crippen LogP contribution is -2.46. The zero-order valence-electron chi connectivity index (χ0n) is 17.4. The molecule has 0 heterocycles. The molecule has 0 aromatic heterocycles. The van der Waals surface area contributed by atoms with Gasteiger partial charge in [-0.2, -0.15) is 0 Å². The molecule has 2 aromatic rings. The Morgan fingerprint density at radius 3 is 2.31 bits per heavy atom. The highest BCUT2D eigenvalue weighted by atomic mass is 16.5. The van der Waals surface area contributed by atoms with Crippen LogP contribution in [0.1, 0.15) is 81.2 Å². The van der Waals surface area contributed by atoms with Crippen LogP contribution in [-0.4, -0.2) is 55.8 Å². The van der Waals surface area contributed by atoms with E-state index < -0.39 is 63.5 Å². The summed E-state index contributed by atoms with van der Waals surface area (Å²) >= 11 is 0. The number of hydrogen-bond acceptors (Lipinski definition) is 9. The number of carbonyl (C=O) groups is 3. The molecular weight excluding hydrogens is 420 g/mol. The first kappa shape index (κ1) is 21.8. The van der Waals surface area contributed by atoms with Crippen molar-refractivity contribution in [2.75, 3.05) is 7.11 Å². The number of esters is 1. The lowest BCUT2D eigenvalue weighted by Gasteiger charge is -2.42. The molecule has 2 aliphatic carbocycles. The molecule has 0 spiro atoms. The largest absolute Gasteiger partial charge is 0.507 e. The van der Waals surface area contributed by atoms with Crippen molar-refractivity contribution in [3.63, 3.8) is 0 Å². The third kappa shape index (κ3) is 2.74. The monoisotopic (exact) mass is 442 g/mol. The fourth-order valence-corrected chi connectivity index (χ4v) is 5.02. The number of aliphatic hydroxyl groups is 2. The first-order valence-corrected chi connectivity index (χ1v) is 10.1. The number of phenolic OH excluding ortho intramolecular Hbond substituents is 3. The van der Waals surface area contributed by atoms with E-state index in [-0.39, 0.29) is 35.1 Å². The fraction of sp³-hybridized carbons (Fsp3) is 0.348. The van der Waals surface area contributed by atoms with Crippen molar-refractivity contribution in [2.24, 2.45) is 0 Å². The molecule has 0 saturated carbocycles. The number of benzene rings is 2. The van der Waals surface area contributed by atoms with Crippen molar-refractivity contribution in [1.82, 2.24) is 0 Å². The normalized spacial score (nSPS) is 23.9. The minimum absolute atomic E-state index is 0.0597. The minimum Gasteiger partial charge on any atom is -0.507 e. The van der Waals surface area contributed by atoms with Gasteiger partial charge in [0, 0.05) is 23.1 Å². The lowest BCUT2D eigenvalue weighted by molar-refractivity contribution is -0.153. The molecular formula is C23H22O9. The SMILES string of the molecule is CCC[C@]1(O)C[C@@H](O)c2c(O)c3c(c(O)c2[C@@H]1C(=O)OC)C(=O)c1cccc(O)c1C3=O. The average Bonchev–Trinajstić information content (AvgIpc) is 2.73. The van der Waals surface area contributed by atoms with E-state index in [1.165, 1.54) is 18.2 Å². The first-order valence-electron chi connectivity index (χ1n) is 10.1. The van der Waals surface area contributed by atoms with Crippen LogP contribution in [0.15, 0.2) is 18.2 Å². The van der Waals surface area contributed by atoms with Crippen molar-refractivity contribution < 1.29 is 44.7 Å². The maximum atomic E-state index is 13.2. The van der Waals surface area contributed by atoms with Crippen LogP contribution in [-0.2, 0) is 9.53 Å². The Balaban J connectivity index is 2.09. The van der Waals surface area contributed by atoms with Crippen LogP contribution < -0.4 is 0 Å². The molecule has 0 unspecified atom stereocenters. The predicted molar refractivity (Wildman–Crippen MR) is 109 cm³/mol. The van der Waals surface area contributed by atoms with Crippen molar-refractivity contribution in [1.29, 1.82) is 0 Å². The van der Waals surface area contributed by atoms with Gasteiger partial charge in [0.05, 0.1) is 35.5 Å². The van der Waals surface area contributed by atoms with Gasteiger partial charge in [0.1, 0.15) is 23.2 Å². The van der Waals surface area contributed by atoms with Gasteiger partial charge in [-0.15, -0.1) is 0 Å². The Bertz CT molecular complexity index is 1180. The molecule has 0 saturated heterocycles. The third-order valence-electron chi connectivity index (χ3n) is 6.32. The van der Waals surface area contributed by atoms with Gasteiger partial charge in [0.25, 0.3) is 0 Å². The number of phenols is 3. The molecule has 5 N–H and O–H groups in total. The van der Waals surface area contributed by atoms with Crippen LogP contribution in [0.5, 0.6) is 17.2 Å². The van der Waals surface area contributed by atoms with Gasteiger partial charge in [-0.3, -0.25) is 14.4 Å². The summed E-state index contributed by atoms with van der Waals surface area (Å²) in [5, 5.41) is 54.3. The summed E-state index contributed by atoms with van der Waals surface area (Å²) in [6.45, 7) is 1.75. The number of methoxy groups -OCH3 is 1. The second-order valence-corrected chi connectivity index (χ2v) is 8.16. The number of ether oxygens (including phenoxy) is 1. The summed E-state index contributed by atoms with van der Waals surface area (Å²) in [5.74, 6) is -6.30. The summed E-state index contributed by atoms with van der Waals surface area (Å²) in [6, 6.07) is 3.84. The van der Waals surface area contributed by atoms with Crippen LogP contribution in [0.25, 0.3) is 0 Å². The molecule has 168 valence electrons. The number of rotatable bonds is 3. The van der Waals surface area contributed by atoms with Crippen LogP contribution in [0.3, 0.4) is 0 Å². The molecule has 32 heavy (non-hydrogen) atoms. The van der Waals surface area contributed by atoms with Gasteiger partial charge in [0.2, 0.25) is 5.78 Å². The summed E-state index contributed by atoms with van der Waals surface area (Å²) in [7, 11) is 1.09. The zero-order chi connectivity index (χ0) is 23.5. The van der Waals surface area contributed by atoms with E-state index in [2.05, 4.69) is 0 Å². The average molecular weight is 442 g/mol. The quantitative estimate of drug-likeness (QED) is 0.301. The van der Waals surface area contributed by atoms with Crippen molar-refractivity contribution in [3.8, 4) is 17.2 Å². The highest BCUT2D eigenvalue weighted by Crippen LogP contribution is 2.56. The molecule has 4 rings (SSSR count). The van der Waals surface area contributed by atoms with Crippen LogP contribution in [0, 0.1) is 0 Å². The van der Waals surface area contributed by atoms with E-state index in [0.29, 0.717) is 6.42 Å². The number of hydrogen-bond donors (Lipinski definition) is 5. The summed E-state index contributed by atoms with van der Waals surface area (Å²) < 4.78 is 4.82. The topological polar surface area (TPSA) is 162 Å². The molecule has 9 nitrogen and oxygen atoms in total. The van der Waals surface area contributed by atoms with Crippen molar-refractivity contribution >= 4 is 17.5 Å². The number of fused-ring (bicyclic) bond motifs is 3. The Labute approximate surface area is 182 Å². The Morgan fingerprint density at radius 2 is 1.69 bits per heavy atom. The zero-order valence-corrected chi connectivity index (χ0v) is 17.4. The van der Waals surface area contributed by atoms with Crippen LogP contribution in [0.2, 0.25) is 0 Å². The first-order chi connectivity index (χ1) is 15.1. The van der Waals surface area contributed by atoms with E-state index in [1.807, 2.05) is 0 Å². The summed E-state index contributed by atoms with van der Waals surface area (Å²) in [6.07, 6.45) is -1.44. The highest BCUT2D eigenvalue weighted by molar-refractivity contribution is 6.31. The van der Waals surface area contributed by atoms with E-state index in [9.17, 15) is 39.9 Å². The molecule has 0 fully saturated rings. The van der Waals surface area contributed by atoms with Gasteiger partial charge >= 0.3 is 5.97 Å². The molecule has 2 aromatic carbocycles. The van der Waals surface area contributed by atoms with Gasteiger partial charge < -0.3 is 30.3 Å². The van der Waals surface area contributed by atoms with E-state index >= 15 is 0 Å². The van der Waals surface area contributed by atoms with Crippen molar-refractivity contribution in [2.45, 2.75) is 43.8 Å². The summed E-state index contributed by atoms with van der Waals surface area (Å²) in [4.78, 5) is 39.0. The molecule has 0 radical (unpaired) electrons. The Kier molecular flexibility index (Phi) is 4.98. The van der Waals surface area contributed by atoms with Crippen LogP contribution >= 0.6 is 0 Å². The number of aromatic hydroxyl groups is 3. The minimum atomic E-state index is -1.83. The standard InChI is InChI=1S/C23H22O9/c1-3-7-23(31)8-11(25)13-14(17(23)22(30)32-2)21(29)15-16(20(13)28)19(27)12-9(18(15)26)5-4-6-10(12)24/h4-6,11,17,24-25,28-29,31H,3,7-8H2,1-2H3/t11-,17-,23+/m1/s1. The lowest BCUT2D eigenvalue weighted by atomic mass is 9.66. The molecule has 0 amide bonds. The number of aliphatic hydroxyl groups excluding tert-OH is 1. The molecule has 0 aliphatic heterocycles. The molecule has 2 aliphatic rings. The second-order valence-electron chi connectivity index (χ2n) is 8.16. The maximum Gasteiger partial charge on any atom is 0.316 e. The van der Waals surface area contributed by atoms with Crippen molar-refractivity contribution in [3.05, 3.63) is 51.6 Å². The highest BCUT2D eigenvalue weighted by Gasteiger charge is 2.53. The van der Waals surface area contributed by atoms with Gasteiger partial charge in [-0.1, -0.05) is 25.5 Å². The number of ketones is 2.